The van der Waals surface area contributed by atoms with Gasteiger partial charge in [0.1, 0.15) is 10.8 Å². The Labute approximate surface area is 97.2 Å². The van der Waals surface area contributed by atoms with E-state index in [2.05, 4.69) is 15.5 Å². The smallest absolute Gasteiger partial charge is 0.228 e. The number of nitrogens with zero attached hydrogens (tertiary/aromatic N) is 2. The highest BCUT2D eigenvalue weighted by molar-refractivity contribution is 7.11. The largest absolute Gasteiger partial charge is 0.409 e. The average Bonchev–Trinajstić information content (AvgIpc) is 2.74. The minimum absolute atomic E-state index is 0.106. The predicted octanol–water partition coefficient (Wildman–Crippen LogP) is 0.458. The first kappa shape index (κ1) is 12.4. The predicted molar refractivity (Wildman–Crippen MR) is 61.4 cm³/mol. The fourth-order valence-electron chi connectivity index (χ4n) is 1.03. The summed E-state index contributed by atoms with van der Waals surface area (Å²) in [6, 6.07) is 0. The van der Waals surface area contributed by atoms with E-state index in [1.54, 1.807) is 17.5 Å². The summed E-state index contributed by atoms with van der Waals surface area (Å²) in [5, 5.41) is 14.5. The number of amidine groups is 1. The molecule has 1 heterocycles. The van der Waals surface area contributed by atoms with Gasteiger partial charge in [0.2, 0.25) is 5.91 Å². The van der Waals surface area contributed by atoms with E-state index in [1.807, 2.05) is 6.92 Å². The molecule has 88 valence electrons. The van der Waals surface area contributed by atoms with Crippen molar-refractivity contribution < 1.29 is 10.0 Å². The second kappa shape index (κ2) is 6.06. The van der Waals surface area contributed by atoms with Gasteiger partial charge in [0.25, 0.3) is 0 Å². The molecule has 0 spiro atoms. The summed E-state index contributed by atoms with van der Waals surface area (Å²) in [5.41, 5.74) is 5.19. The number of hydrogen-bond acceptors (Lipinski definition) is 5. The summed E-state index contributed by atoms with van der Waals surface area (Å²) in [7, 11) is 0. The second-order valence-electron chi connectivity index (χ2n) is 3.12. The fraction of sp³-hybridized carbons (Fsp3) is 0.444. The number of carbonyl (C=O) groups excluding carboxylic acids is 1. The minimum atomic E-state index is -0.288. The van der Waals surface area contributed by atoms with Crippen molar-refractivity contribution in [3.63, 3.8) is 0 Å². The number of amides is 1. The molecule has 0 saturated heterocycles. The molecule has 0 radical (unpaired) electrons. The molecule has 16 heavy (non-hydrogen) atoms. The molecule has 1 aromatic rings. The molecule has 0 aliphatic rings. The van der Waals surface area contributed by atoms with Crippen molar-refractivity contribution in [3.05, 3.63) is 16.1 Å². The average molecular weight is 242 g/mol. The van der Waals surface area contributed by atoms with Crippen LogP contribution < -0.4 is 11.1 Å². The highest BCUT2D eigenvalue weighted by Crippen LogP contribution is 2.12. The molecular weight excluding hydrogens is 228 g/mol. The molecule has 0 unspecified atom stereocenters. The molecule has 0 aliphatic carbocycles. The summed E-state index contributed by atoms with van der Waals surface area (Å²) in [6.07, 6.45) is 2.63. The Kier molecular flexibility index (Phi) is 4.71. The van der Waals surface area contributed by atoms with E-state index in [4.69, 9.17) is 10.9 Å². The van der Waals surface area contributed by atoms with E-state index in [9.17, 15) is 4.79 Å². The van der Waals surface area contributed by atoms with Crippen LogP contribution in [0.1, 0.15) is 23.2 Å². The maximum absolute atomic E-state index is 11.3. The molecule has 0 atom stereocenters. The van der Waals surface area contributed by atoms with Gasteiger partial charge in [-0.2, -0.15) is 0 Å². The van der Waals surface area contributed by atoms with Crippen molar-refractivity contribution in [3.8, 4) is 0 Å². The number of carbonyl (C=O) groups is 1. The quantitative estimate of drug-likeness (QED) is 0.302. The van der Waals surface area contributed by atoms with Gasteiger partial charge in [-0.25, -0.2) is 4.98 Å². The summed E-state index contributed by atoms with van der Waals surface area (Å²) < 4.78 is 0. The molecular formula is C9H14N4O2S. The lowest BCUT2D eigenvalue weighted by Gasteiger charge is -2.01. The van der Waals surface area contributed by atoms with Gasteiger partial charge in [-0.05, 0) is 6.42 Å². The number of hydrogen-bond donors (Lipinski definition) is 3. The van der Waals surface area contributed by atoms with Crippen LogP contribution in [0.4, 0.5) is 0 Å². The number of nitrogens with one attached hydrogen (secondary N) is 1. The van der Waals surface area contributed by atoms with E-state index in [0.717, 1.165) is 11.4 Å². The Balaban J connectivity index is 2.37. The van der Waals surface area contributed by atoms with E-state index < -0.39 is 0 Å². The van der Waals surface area contributed by atoms with Crippen molar-refractivity contribution >= 4 is 23.1 Å². The third kappa shape index (κ3) is 3.85. The zero-order chi connectivity index (χ0) is 12.0. The number of aryl methyl sites for hydroxylation is 1. The second-order valence-corrected chi connectivity index (χ2v) is 4.32. The van der Waals surface area contributed by atoms with Gasteiger partial charge < -0.3 is 16.3 Å². The van der Waals surface area contributed by atoms with Crippen molar-refractivity contribution in [2.75, 3.05) is 0 Å². The van der Waals surface area contributed by atoms with Crippen LogP contribution in [0.25, 0.3) is 0 Å². The molecule has 7 heteroatoms. The Morgan fingerprint density at radius 2 is 2.50 bits per heavy atom. The summed E-state index contributed by atoms with van der Waals surface area (Å²) in [5.74, 6) is -0.394. The minimum Gasteiger partial charge on any atom is -0.409 e. The lowest BCUT2D eigenvalue weighted by molar-refractivity contribution is -0.120. The Morgan fingerprint density at radius 1 is 1.75 bits per heavy atom. The van der Waals surface area contributed by atoms with Gasteiger partial charge >= 0.3 is 0 Å². The van der Waals surface area contributed by atoms with E-state index in [-0.39, 0.29) is 18.2 Å². The molecule has 1 aromatic heterocycles. The van der Waals surface area contributed by atoms with E-state index in [1.165, 1.54) is 4.88 Å². The summed E-state index contributed by atoms with van der Waals surface area (Å²) in [6.45, 7) is 2.43. The van der Waals surface area contributed by atoms with Crippen molar-refractivity contribution in [1.82, 2.24) is 10.3 Å². The van der Waals surface area contributed by atoms with E-state index in [0.29, 0.717) is 6.54 Å². The third-order valence-electron chi connectivity index (χ3n) is 1.86. The first-order chi connectivity index (χ1) is 7.65. The first-order valence-electron chi connectivity index (χ1n) is 4.82. The molecule has 0 aliphatic heterocycles. The highest BCUT2D eigenvalue weighted by atomic mass is 32.1. The molecule has 0 saturated carbocycles. The zero-order valence-corrected chi connectivity index (χ0v) is 9.75. The van der Waals surface area contributed by atoms with Crippen LogP contribution in [0, 0.1) is 0 Å². The van der Waals surface area contributed by atoms with Crippen LogP contribution in [0.3, 0.4) is 0 Å². The van der Waals surface area contributed by atoms with Crippen molar-refractivity contribution in [2.24, 2.45) is 10.9 Å². The van der Waals surface area contributed by atoms with Crippen molar-refractivity contribution in [1.29, 1.82) is 0 Å². The lowest BCUT2D eigenvalue weighted by atomic mass is 10.4. The normalized spacial score (nSPS) is 11.4. The molecule has 0 fully saturated rings. The SMILES string of the molecule is CCc1cnc(CNC(=O)CC(N)=NO)s1. The molecule has 1 rings (SSSR count). The maximum Gasteiger partial charge on any atom is 0.228 e. The van der Waals surface area contributed by atoms with Crippen molar-refractivity contribution in [2.45, 2.75) is 26.3 Å². The van der Waals surface area contributed by atoms with Crippen LogP contribution in [0.2, 0.25) is 0 Å². The van der Waals surface area contributed by atoms with Crippen LogP contribution in [-0.4, -0.2) is 21.9 Å². The summed E-state index contributed by atoms with van der Waals surface area (Å²) in [4.78, 5) is 16.6. The number of rotatable bonds is 5. The van der Waals surface area contributed by atoms with Gasteiger partial charge in [0, 0.05) is 11.1 Å². The Hall–Kier alpha value is -1.63. The van der Waals surface area contributed by atoms with Crippen LogP contribution in [0.5, 0.6) is 0 Å². The molecule has 1 amide bonds. The highest BCUT2D eigenvalue weighted by Gasteiger charge is 2.06. The number of aromatic nitrogens is 1. The number of thiazole rings is 1. The van der Waals surface area contributed by atoms with Gasteiger partial charge in [0.15, 0.2) is 0 Å². The lowest BCUT2D eigenvalue weighted by Crippen LogP contribution is -2.28. The van der Waals surface area contributed by atoms with Gasteiger partial charge in [0.05, 0.1) is 13.0 Å². The molecule has 0 aromatic carbocycles. The molecule has 6 nitrogen and oxygen atoms in total. The standard InChI is InChI=1S/C9H14N4O2S/c1-2-6-4-12-9(16-6)5-11-8(14)3-7(10)13-15/h4,15H,2-3,5H2,1H3,(H2,10,13)(H,11,14). The van der Waals surface area contributed by atoms with Gasteiger partial charge in [-0.15, -0.1) is 11.3 Å². The van der Waals surface area contributed by atoms with Crippen LogP contribution >= 0.6 is 11.3 Å². The summed E-state index contributed by atoms with van der Waals surface area (Å²) >= 11 is 1.56. The fourth-order valence-corrected chi connectivity index (χ4v) is 1.83. The monoisotopic (exact) mass is 242 g/mol. The maximum atomic E-state index is 11.3. The topological polar surface area (TPSA) is 101 Å². The number of oxime groups is 1. The van der Waals surface area contributed by atoms with Gasteiger partial charge in [-0.3, -0.25) is 4.79 Å². The van der Waals surface area contributed by atoms with Crippen LogP contribution in [-0.2, 0) is 17.8 Å². The zero-order valence-electron chi connectivity index (χ0n) is 8.93. The third-order valence-corrected chi connectivity index (χ3v) is 3.00. The van der Waals surface area contributed by atoms with Crippen LogP contribution in [0.15, 0.2) is 11.4 Å². The number of nitrogens with two attached hydrogens (primary N) is 1. The van der Waals surface area contributed by atoms with Gasteiger partial charge in [-0.1, -0.05) is 12.1 Å². The Morgan fingerprint density at radius 3 is 3.06 bits per heavy atom. The first-order valence-corrected chi connectivity index (χ1v) is 5.64. The molecule has 4 N–H and O–H groups in total. The van der Waals surface area contributed by atoms with E-state index >= 15 is 0 Å². The molecule has 0 bridgehead atoms. The Bertz CT molecular complexity index is 389.